The summed E-state index contributed by atoms with van der Waals surface area (Å²) in [7, 11) is 0. The summed E-state index contributed by atoms with van der Waals surface area (Å²) in [5, 5.41) is 3.91. The molecule has 0 saturated heterocycles. The molecule has 1 fully saturated rings. The quantitative estimate of drug-likeness (QED) is 0.751. The molecule has 3 rings (SSSR count). The second kappa shape index (κ2) is 2.92. The smallest absolute Gasteiger partial charge is 0.230 e. The van der Waals surface area contributed by atoms with Crippen LogP contribution in [0.3, 0.4) is 0 Å². The van der Waals surface area contributed by atoms with Crippen LogP contribution in [-0.4, -0.2) is 15.1 Å². The molecule has 2 heterocycles. The molecule has 78 valence electrons. The van der Waals surface area contributed by atoms with Crippen molar-refractivity contribution in [3.05, 3.63) is 18.0 Å². The lowest BCUT2D eigenvalue weighted by Gasteiger charge is -1.86. The number of hydrogen-bond donors (Lipinski definition) is 0. The maximum Gasteiger partial charge on any atom is 0.230 e. The molecule has 2 aromatic rings. The highest BCUT2D eigenvalue weighted by atomic mass is 16.5. The van der Waals surface area contributed by atoms with E-state index < -0.39 is 0 Å². The number of aryl methyl sites for hydroxylation is 1. The molecule has 0 amide bonds. The molecule has 0 radical (unpaired) electrons. The van der Waals surface area contributed by atoms with Crippen molar-refractivity contribution in [3.63, 3.8) is 0 Å². The summed E-state index contributed by atoms with van der Waals surface area (Å²) in [6.45, 7) is 4.01. The van der Waals surface area contributed by atoms with E-state index in [1.54, 1.807) is 0 Å². The molecular formula is C10H11N3O2. The number of aromatic nitrogens is 3. The van der Waals surface area contributed by atoms with E-state index in [4.69, 9.17) is 8.94 Å². The first-order valence-electron chi connectivity index (χ1n) is 5.00. The highest BCUT2D eigenvalue weighted by Gasteiger charge is 2.39. The number of hydrogen-bond acceptors (Lipinski definition) is 5. The molecule has 2 aromatic heterocycles. The average Bonchev–Trinajstić information content (AvgIpc) is 2.69. The van der Waals surface area contributed by atoms with Crippen molar-refractivity contribution in [3.8, 4) is 11.5 Å². The summed E-state index contributed by atoms with van der Waals surface area (Å²) < 4.78 is 10.3. The predicted molar refractivity (Wildman–Crippen MR) is 51.1 cm³/mol. The van der Waals surface area contributed by atoms with Crippen LogP contribution in [0.15, 0.2) is 15.3 Å². The van der Waals surface area contributed by atoms with Crippen LogP contribution < -0.4 is 0 Å². The fourth-order valence-electron chi connectivity index (χ4n) is 1.67. The monoisotopic (exact) mass is 205 g/mol. The minimum atomic E-state index is 0.443. The van der Waals surface area contributed by atoms with E-state index in [9.17, 15) is 0 Å². The van der Waals surface area contributed by atoms with Gasteiger partial charge in [-0.15, -0.1) is 0 Å². The van der Waals surface area contributed by atoms with Gasteiger partial charge in [0, 0.05) is 5.92 Å². The van der Waals surface area contributed by atoms with Crippen LogP contribution in [0.1, 0.15) is 30.9 Å². The Balaban J connectivity index is 1.94. The highest BCUT2D eigenvalue weighted by molar-refractivity contribution is 5.50. The van der Waals surface area contributed by atoms with E-state index in [1.807, 2.05) is 6.92 Å². The van der Waals surface area contributed by atoms with Gasteiger partial charge in [0.2, 0.25) is 11.7 Å². The largest absolute Gasteiger partial charge is 0.448 e. The summed E-state index contributed by atoms with van der Waals surface area (Å²) in [6, 6.07) is 0. The zero-order chi connectivity index (χ0) is 10.4. The second-order valence-corrected chi connectivity index (χ2v) is 4.03. The van der Waals surface area contributed by atoms with Crippen molar-refractivity contribution in [2.75, 3.05) is 0 Å². The number of rotatable bonds is 2. The molecule has 15 heavy (non-hydrogen) atoms. The minimum absolute atomic E-state index is 0.443. The third-order valence-corrected chi connectivity index (χ3v) is 2.82. The predicted octanol–water partition coefficient (Wildman–Crippen LogP) is 2.16. The molecule has 1 aliphatic rings. The van der Waals surface area contributed by atoms with Gasteiger partial charge in [-0.2, -0.15) is 4.98 Å². The number of nitrogens with zero attached hydrogens (tertiary/aromatic N) is 3. The van der Waals surface area contributed by atoms with Gasteiger partial charge in [0.05, 0.1) is 0 Å². The van der Waals surface area contributed by atoms with Crippen LogP contribution in [0.2, 0.25) is 0 Å². The molecule has 0 unspecified atom stereocenters. The summed E-state index contributed by atoms with van der Waals surface area (Å²) in [6.07, 6.45) is 2.53. The third-order valence-electron chi connectivity index (χ3n) is 2.82. The summed E-state index contributed by atoms with van der Waals surface area (Å²) in [4.78, 5) is 8.37. The average molecular weight is 205 g/mol. The number of oxazole rings is 1. The lowest BCUT2D eigenvalue weighted by atomic mass is 10.3. The van der Waals surface area contributed by atoms with E-state index in [-0.39, 0.29) is 0 Å². The highest BCUT2D eigenvalue weighted by Crippen LogP contribution is 2.46. The van der Waals surface area contributed by atoms with Gasteiger partial charge in [0.1, 0.15) is 5.76 Å². The van der Waals surface area contributed by atoms with Crippen molar-refractivity contribution >= 4 is 0 Å². The Bertz CT molecular complexity index is 488. The first-order chi connectivity index (χ1) is 7.25. The van der Waals surface area contributed by atoms with Crippen LogP contribution in [0.25, 0.3) is 11.5 Å². The Morgan fingerprint density at radius 1 is 1.47 bits per heavy atom. The molecule has 1 saturated carbocycles. The Morgan fingerprint density at radius 3 is 2.87 bits per heavy atom. The zero-order valence-corrected chi connectivity index (χ0v) is 8.60. The van der Waals surface area contributed by atoms with Gasteiger partial charge in [-0.25, -0.2) is 4.98 Å². The van der Waals surface area contributed by atoms with E-state index in [0.717, 1.165) is 12.3 Å². The molecule has 5 nitrogen and oxygen atoms in total. The van der Waals surface area contributed by atoms with Crippen LogP contribution in [0.5, 0.6) is 0 Å². The van der Waals surface area contributed by atoms with Gasteiger partial charge in [-0.3, -0.25) is 0 Å². The first kappa shape index (κ1) is 8.64. The minimum Gasteiger partial charge on any atom is -0.448 e. The summed E-state index contributed by atoms with van der Waals surface area (Å²) >= 11 is 0. The molecule has 0 spiro atoms. The van der Waals surface area contributed by atoms with Crippen molar-refractivity contribution < 1.29 is 8.94 Å². The van der Waals surface area contributed by atoms with Crippen LogP contribution >= 0.6 is 0 Å². The fraction of sp³-hybridized carbons (Fsp3) is 0.500. The van der Waals surface area contributed by atoms with E-state index in [2.05, 4.69) is 22.0 Å². The Kier molecular flexibility index (Phi) is 1.68. The van der Waals surface area contributed by atoms with Crippen molar-refractivity contribution in [2.45, 2.75) is 26.2 Å². The third kappa shape index (κ3) is 1.35. The molecule has 5 heteroatoms. The lowest BCUT2D eigenvalue weighted by molar-refractivity contribution is 0.376. The topological polar surface area (TPSA) is 65.0 Å². The standard InChI is InChI=1S/C10H11N3O2/c1-5-3-7(5)10-12-9(13-15-10)8-6(2)14-4-11-8/h4-5,7H,3H2,1-2H3/t5-,7+/m1/s1. The van der Waals surface area contributed by atoms with E-state index in [0.29, 0.717) is 29.1 Å². The van der Waals surface area contributed by atoms with Crippen molar-refractivity contribution in [2.24, 2.45) is 5.92 Å². The first-order valence-corrected chi connectivity index (χ1v) is 5.00. The van der Waals surface area contributed by atoms with Crippen molar-refractivity contribution in [1.82, 2.24) is 15.1 Å². The van der Waals surface area contributed by atoms with Gasteiger partial charge in [-0.1, -0.05) is 12.1 Å². The Hall–Kier alpha value is -1.65. The SMILES string of the molecule is Cc1ocnc1-c1noc([C@H]2C[C@H]2C)n1. The fourth-order valence-corrected chi connectivity index (χ4v) is 1.67. The molecule has 0 aliphatic heterocycles. The van der Waals surface area contributed by atoms with Gasteiger partial charge in [0.25, 0.3) is 0 Å². The summed E-state index contributed by atoms with van der Waals surface area (Å²) in [5.41, 5.74) is 0.665. The lowest BCUT2D eigenvalue weighted by Crippen LogP contribution is -1.84. The molecular weight excluding hydrogens is 194 g/mol. The normalized spacial score (nSPS) is 24.4. The zero-order valence-electron chi connectivity index (χ0n) is 8.60. The maximum atomic E-state index is 5.20. The van der Waals surface area contributed by atoms with E-state index >= 15 is 0 Å². The van der Waals surface area contributed by atoms with Gasteiger partial charge in [-0.05, 0) is 19.3 Å². The Morgan fingerprint density at radius 2 is 2.27 bits per heavy atom. The maximum absolute atomic E-state index is 5.20. The van der Waals surface area contributed by atoms with Gasteiger partial charge in [0.15, 0.2) is 12.1 Å². The van der Waals surface area contributed by atoms with Crippen LogP contribution in [0, 0.1) is 12.8 Å². The van der Waals surface area contributed by atoms with E-state index in [1.165, 1.54) is 6.39 Å². The van der Waals surface area contributed by atoms with Crippen molar-refractivity contribution in [1.29, 1.82) is 0 Å². The van der Waals surface area contributed by atoms with Gasteiger partial charge >= 0.3 is 0 Å². The van der Waals surface area contributed by atoms with Gasteiger partial charge < -0.3 is 8.94 Å². The second-order valence-electron chi connectivity index (χ2n) is 4.03. The van der Waals surface area contributed by atoms with Crippen LogP contribution in [0.4, 0.5) is 0 Å². The summed E-state index contributed by atoms with van der Waals surface area (Å²) in [5.74, 6) is 3.07. The molecule has 1 aliphatic carbocycles. The van der Waals surface area contributed by atoms with Crippen LogP contribution in [-0.2, 0) is 0 Å². The molecule has 0 bridgehead atoms. The molecule has 0 aromatic carbocycles. The molecule has 0 N–H and O–H groups in total. The molecule has 2 atom stereocenters. The Labute approximate surface area is 86.5 Å².